The highest BCUT2D eigenvalue weighted by molar-refractivity contribution is 7.98. The Bertz CT molecular complexity index is 27.3. The summed E-state index contributed by atoms with van der Waals surface area (Å²) in [5, 5.41) is 3.96. The van der Waals surface area contributed by atoms with Gasteiger partial charge in [-0.1, -0.05) is 6.42 Å². The second-order valence-corrected chi connectivity index (χ2v) is 2.37. The Morgan fingerprint density at radius 1 is 1.57 bits per heavy atom. The van der Waals surface area contributed by atoms with Crippen LogP contribution in [0, 0.1) is 0 Å². The zero-order valence-corrected chi connectivity index (χ0v) is 5.79. The quantitative estimate of drug-likeness (QED) is 0.513. The van der Waals surface area contributed by atoms with Crippen molar-refractivity contribution in [1.82, 2.24) is 0 Å². The smallest absolute Gasteiger partial charge is 0.00867 e. The zero-order chi connectivity index (χ0) is 5.54. The second kappa shape index (κ2) is 6.31. The fourth-order valence-corrected chi connectivity index (χ4v) is 0.785. The van der Waals surface area contributed by atoms with Crippen LogP contribution in [-0.4, -0.2) is 25.6 Å². The average Bonchev–Trinajstić information content (AvgIpc) is 1.69. The van der Waals surface area contributed by atoms with E-state index in [4.69, 9.17) is 0 Å². The fourth-order valence-electron chi connectivity index (χ4n) is 0.367. The SMILES string of the molecule is C[N-]CCCSC. The van der Waals surface area contributed by atoms with E-state index in [0.29, 0.717) is 0 Å². The topological polar surface area (TPSA) is 14.1 Å². The van der Waals surface area contributed by atoms with E-state index >= 15 is 0 Å². The number of hydrogen-bond acceptors (Lipinski definition) is 1. The van der Waals surface area contributed by atoms with Crippen molar-refractivity contribution in [3.05, 3.63) is 5.32 Å². The molecule has 0 rings (SSSR count). The van der Waals surface area contributed by atoms with Gasteiger partial charge >= 0.3 is 0 Å². The van der Waals surface area contributed by atoms with Gasteiger partial charge in [0.25, 0.3) is 0 Å². The molecule has 1 nitrogen and oxygen atoms in total. The monoisotopic (exact) mass is 118 g/mol. The minimum absolute atomic E-state index is 1.03. The molecule has 0 saturated carbocycles. The summed E-state index contributed by atoms with van der Waals surface area (Å²) in [5.41, 5.74) is 0. The van der Waals surface area contributed by atoms with E-state index in [2.05, 4.69) is 11.6 Å². The van der Waals surface area contributed by atoms with Crippen LogP contribution < -0.4 is 0 Å². The molecule has 0 aliphatic heterocycles. The van der Waals surface area contributed by atoms with Crippen molar-refractivity contribution in [1.29, 1.82) is 0 Å². The Hall–Kier alpha value is 0.310. The molecule has 0 atom stereocenters. The number of hydrogen-bond donors (Lipinski definition) is 0. The van der Waals surface area contributed by atoms with Gasteiger partial charge in [0.2, 0.25) is 0 Å². The van der Waals surface area contributed by atoms with Crippen molar-refractivity contribution >= 4 is 11.8 Å². The van der Waals surface area contributed by atoms with E-state index in [9.17, 15) is 0 Å². The van der Waals surface area contributed by atoms with Crippen LogP contribution in [-0.2, 0) is 0 Å². The first-order valence-electron chi connectivity index (χ1n) is 2.46. The normalized spacial score (nSPS) is 9.43. The average molecular weight is 118 g/mol. The van der Waals surface area contributed by atoms with E-state index in [-0.39, 0.29) is 0 Å². The summed E-state index contributed by atoms with van der Waals surface area (Å²) in [6.45, 7) is 1.03. The lowest BCUT2D eigenvalue weighted by Crippen LogP contribution is -1.82. The summed E-state index contributed by atoms with van der Waals surface area (Å²) in [6.07, 6.45) is 3.35. The third-order valence-corrected chi connectivity index (χ3v) is 1.43. The summed E-state index contributed by atoms with van der Waals surface area (Å²) in [4.78, 5) is 0. The third kappa shape index (κ3) is 6.31. The molecule has 0 spiro atoms. The Kier molecular flexibility index (Phi) is 6.59. The van der Waals surface area contributed by atoms with Gasteiger partial charge in [-0.15, -0.1) is 6.54 Å². The van der Waals surface area contributed by atoms with Gasteiger partial charge in [0.05, 0.1) is 0 Å². The first-order valence-corrected chi connectivity index (χ1v) is 3.85. The maximum Gasteiger partial charge on any atom is -0.00867 e. The predicted molar refractivity (Wildman–Crippen MR) is 37.1 cm³/mol. The second-order valence-electron chi connectivity index (χ2n) is 1.39. The molecule has 0 fully saturated rings. The summed E-state index contributed by atoms with van der Waals surface area (Å²) >= 11 is 1.88. The van der Waals surface area contributed by atoms with Crippen LogP contribution in [0.5, 0.6) is 0 Å². The lowest BCUT2D eigenvalue weighted by Gasteiger charge is -2.07. The van der Waals surface area contributed by atoms with Crippen molar-refractivity contribution < 1.29 is 0 Å². The maximum absolute atomic E-state index is 3.96. The van der Waals surface area contributed by atoms with Crippen LogP contribution >= 0.6 is 11.8 Å². The van der Waals surface area contributed by atoms with E-state index in [1.807, 2.05) is 18.8 Å². The molecule has 0 aromatic heterocycles. The van der Waals surface area contributed by atoms with Crippen molar-refractivity contribution in [2.24, 2.45) is 0 Å². The molecule has 2 heteroatoms. The molecule has 0 bridgehead atoms. The molecule has 7 heavy (non-hydrogen) atoms. The lowest BCUT2D eigenvalue weighted by atomic mass is 10.5. The van der Waals surface area contributed by atoms with Gasteiger partial charge in [0.15, 0.2) is 0 Å². The highest BCUT2D eigenvalue weighted by Crippen LogP contribution is 1.95. The lowest BCUT2D eigenvalue weighted by molar-refractivity contribution is 1.02. The van der Waals surface area contributed by atoms with Crippen LogP contribution in [0.15, 0.2) is 0 Å². The molecule has 0 heterocycles. The molecule has 44 valence electrons. The maximum atomic E-state index is 3.96. The highest BCUT2D eigenvalue weighted by Gasteiger charge is 1.72. The third-order valence-electron chi connectivity index (χ3n) is 0.730. The van der Waals surface area contributed by atoms with Gasteiger partial charge in [-0.05, 0) is 12.0 Å². The Morgan fingerprint density at radius 2 is 2.29 bits per heavy atom. The standard InChI is InChI=1S/C5H12NS/c1-6-4-3-5-7-2/h3-5H2,1-2H3/q-1. The predicted octanol–water partition coefficient (Wildman–Crippen LogP) is 1.74. The number of rotatable bonds is 4. The molecule has 0 aliphatic rings. The van der Waals surface area contributed by atoms with Gasteiger partial charge in [0, 0.05) is 0 Å². The van der Waals surface area contributed by atoms with Crippen LogP contribution in [0.25, 0.3) is 5.32 Å². The molecule has 0 radical (unpaired) electrons. The van der Waals surface area contributed by atoms with Crippen LogP contribution in [0.2, 0.25) is 0 Å². The van der Waals surface area contributed by atoms with E-state index < -0.39 is 0 Å². The van der Waals surface area contributed by atoms with Crippen molar-refractivity contribution in [2.45, 2.75) is 6.42 Å². The van der Waals surface area contributed by atoms with E-state index in [1.54, 1.807) is 0 Å². The zero-order valence-electron chi connectivity index (χ0n) is 4.98. The first-order chi connectivity index (χ1) is 3.41. The Balaban J connectivity index is 2.45. The van der Waals surface area contributed by atoms with Gasteiger partial charge in [0.1, 0.15) is 0 Å². The van der Waals surface area contributed by atoms with Crippen molar-refractivity contribution in [3.8, 4) is 0 Å². The molecule has 0 aromatic rings. The van der Waals surface area contributed by atoms with Gasteiger partial charge in [-0.2, -0.15) is 18.8 Å². The number of nitrogens with zero attached hydrogens (tertiary/aromatic N) is 1. The van der Waals surface area contributed by atoms with Crippen molar-refractivity contribution in [2.75, 3.05) is 25.6 Å². The summed E-state index contributed by atoms with van der Waals surface area (Å²) in [6, 6.07) is 0. The first kappa shape index (κ1) is 7.31. The summed E-state index contributed by atoms with van der Waals surface area (Å²) in [7, 11) is 1.86. The van der Waals surface area contributed by atoms with Crippen LogP contribution in [0.3, 0.4) is 0 Å². The minimum Gasteiger partial charge on any atom is -0.665 e. The van der Waals surface area contributed by atoms with Crippen LogP contribution in [0.1, 0.15) is 6.42 Å². The molecule has 0 unspecified atom stereocenters. The van der Waals surface area contributed by atoms with Gasteiger partial charge < -0.3 is 5.32 Å². The molecule has 0 saturated heterocycles. The van der Waals surface area contributed by atoms with E-state index in [1.165, 1.54) is 12.2 Å². The van der Waals surface area contributed by atoms with Gasteiger partial charge in [-0.25, -0.2) is 0 Å². The minimum atomic E-state index is 1.03. The summed E-state index contributed by atoms with van der Waals surface area (Å²) < 4.78 is 0. The Morgan fingerprint density at radius 3 is 2.71 bits per heavy atom. The van der Waals surface area contributed by atoms with Crippen molar-refractivity contribution in [3.63, 3.8) is 0 Å². The molecule has 0 aromatic carbocycles. The molecule has 0 N–H and O–H groups in total. The molecular weight excluding hydrogens is 106 g/mol. The Labute approximate surface area is 49.9 Å². The molecule has 0 amide bonds. The number of thioether (sulfide) groups is 1. The largest absolute Gasteiger partial charge is 0.665 e. The molecular formula is C5H12NS-. The summed E-state index contributed by atoms with van der Waals surface area (Å²) in [5.74, 6) is 1.25. The van der Waals surface area contributed by atoms with Crippen LogP contribution in [0.4, 0.5) is 0 Å². The molecule has 0 aliphatic carbocycles. The van der Waals surface area contributed by atoms with Gasteiger partial charge in [-0.3, -0.25) is 0 Å². The highest BCUT2D eigenvalue weighted by atomic mass is 32.2. The van der Waals surface area contributed by atoms with E-state index in [0.717, 1.165) is 6.54 Å². The fraction of sp³-hybridized carbons (Fsp3) is 1.00.